The van der Waals surface area contributed by atoms with Gasteiger partial charge in [0.1, 0.15) is 0 Å². The Labute approximate surface area is 78.0 Å². The molecule has 1 aromatic rings. The van der Waals surface area contributed by atoms with Crippen LogP contribution in [-0.4, -0.2) is 12.2 Å². The van der Waals surface area contributed by atoms with E-state index >= 15 is 0 Å². The van der Waals surface area contributed by atoms with Crippen molar-refractivity contribution in [2.75, 3.05) is 6.26 Å². The molecule has 0 amide bonds. The molecule has 0 aliphatic carbocycles. The lowest BCUT2D eigenvalue weighted by molar-refractivity contribution is 0.0762. The van der Waals surface area contributed by atoms with E-state index in [0.717, 1.165) is 4.90 Å². The van der Waals surface area contributed by atoms with E-state index in [0.29, 0.717) is 5.56 Å². The van der Waals surface area contributed by atoms with Crippen LogP contribution in [0, 0.1) is 0 Å². The van der Waals surface area contributed by atoms with Gasteiger partial charge in [-0.15, -0.1) is 11.8 Å². The van der Waals surface area contributed by atoms with Gasteiger partial charge in [-0.05, 0) is 18.4 Å². The van der Waals surface area contributed by atoms with Gasteiger partial charge in [-0.3, -0.25) is 0 Å². The fourth-order valence-corrected chi connectivity index (χ4v) is 1.59. The van der Waals surface area contributed by atoms with Gasteiger partial charge in [-0.1, -0.05) is 12.1 Å². The standard InChI is InChI=1S/C8H9O2PS/c1-12-7-5-3-2-4-6(7)8(9)10-11/h2-5H,11H2,1H3. The minimum Gasteiger partial charge on any atom is -0.448 e. The molecule has 0 N–H and O–H groups in total. The molecule has 0 aliphatic heterocycles. The summed E-state index contributed by atoms with van der Waals surface area (Å²) in [6.07, 6.45) is 1.93. The van der Waals surface area contributed by atoms with Gasteiger partial charge in [0, 0.05) is 4.90 Å². The van der Waals surface area contributed by atoms with Crippen LogP contribution in [-0.2, 0) is 4.52 Å². The van der Waals surface area contributed by atoms with Gasteiger partial charge in [0.2, 0.25) is 0 Å². The second kappa shape index (κ2) is 4.48. The second-order valence-electron chi connectivity index (χ2n) is 2.11. The van der Waals surface area contributed by atoms with Crippen molar-refractivity contribution in [2.24, 2.45) is 0 Å². The number of thioether (sulfide) groups is 1. The molecule has 64 valence electrons. The van der Waals surface area contributed by atoms with Crippen molar-refractivity contribution in [3.8, 4) is 0 Å². The van der Waals surface area contributed by atoms with Crippen LogP contribution in [0.5, 0.6) is 0 Å². The number of hydrogen-bond acceptors (Lipinski definition) is 3. The maximum absolute atomic E-state index is 11.1. The van der Waals surface area contributed by atoms with Crippen LogP contribution in [0.3, 0.4) is 0 Å². The van der Waals surface area contributed by atoms with E-state index in [1.165, 1.54) is 11.8 Å². The molecule has 0 spiro atoms. The molecule has 0 aromatic heterocycles. The number of hydrogen-bond donors (Lipinski definition) is 0. The third-order valence-corrected chi connectivity index (χ3v) is 2.44. The number of rotatable bonds is 2. The molecule has 0 heterocycles. The predicted molar refractivity (Wildman–Crippen MR) is 53.3 cm³/mol. The molecule has 0 saturated heterocycles. The normalized spacial score (nSPS) is 9.50. The lowest BCUT2D eigenvalue weighted by Crippen LogP contribution is -1.99. The Morgan fingerprint density at radius 2 is 2.17 bits per heavy atom. The maximum atomic E-state index is 11.1. The van der Waals surface area contributed by atoms with Crippen LogP contribution in [0.4, 0.5) is 0 Å². The molecule has 4 heteroatoms. The monoisotopic (exact) mass is 200 g/mol. The number of benzene rings is 1. The molecule has 0 saturated carbocycles. The summed E-state index contributed by atoms with van der Waals surface area (Å²) in [7, 11) is 1.95. The quantitative estimate of drug-likeness (QED) is 0.541. The highest BCUT2D eigenvalue weighted by Gasteiger charge is 2.08. The zero-order valence-electron chi connectivity index (χ0n) is 6.61. The summed E-state index contributed by atoms with van der Waals surface area (Å²) in [6.45, 7) is 0. The van der Waals surface area contributed by atoms with Gasteiger partial charge < -0.3 is 4.52 Å². The first-order chi connectivity index (χ1) is 5.79. The van der Waals surface area contributed by atoms with Crippen molar-refractivity contribution in [1.82, 2.24) is 0 Å². The summed E-state index contributed by atoms with van der Waals surface area (Å²) < 4.78 is 4.54. The zero-order chi connectivity index (χ0) is 8.97. The molecular weight excluding hydrogens is 191 g/mol. The largest absolute Gasteiger partial charge is 0.448 e. The van der Waals surface area contributed by atoms with E-state index in [9.17, 15) is 4.79 Å². The molecule has 2 nitrogen and oxygen atoms in total. The Bertz CT molecular complexity index is 288. The van der Waals surface area contributed by atoms with Gasteiger partial charge in [0.25, 0.3) is 0 Å². The Hall–Kier alpha value is -0.530. The Kier molecular flexibility index (Phi) is 3.57. The summed E-state index contributed by atoms with van der Waals surface area (Å²) in [5, 5.41) is 0. The van der Waals surface area contributed by atoms with E-state index in [1.54, 1.807) is 6.07 Å². The smallest absolute Gasteiger partial charge is 0.341 e. The summed E-state index contributed by atoms with van der Waals surface area (Å²) in [5.41, 5.74) is 0.611. The highest BCUT2D eigenvalue weighted by Crippen LogP contribution is 2.20. The summed E-state index contributed by atoms with van der Waals surface area (Å²) in [5.74, 6) is -0.315. The fourth-order valence-electron chi connectivity index (χ4n) is 0.877. The molecule has 1 atom stereocenters. The van der Waals surface area contributed by atoms with Crippen molar-refractivity contribution in [3.63, 3.8) is 0 Å². The maximum Gasteiger partial charge on any atom is 0.341 e. The molecule has 0 aliphatic rings. The van der Waals surface area contributed by atoms with Crippen molar-refractivity contribution in [2.45, 2.75) is 4.90 Å². The van der Waals surface area contributed by atoms with E-state index in [4.69, 9.17) is 0 Å². The van der Waals surface area contributed by atoms with Crippen LogP contribution in [0.2, 0.25) is 0 Å². The van der Waals surface area contributed by atoms with Gasteiger partial charge >= 0.3 is 5.97 Å². The SMILES string of the molecule is CSc1ccccc1C(=O)OP. The second-order valence-corrected chi connectivity index (χ2v) is 3.19. The average molecular weight is 200 g/mol. The molecule has 1 unspecified atom stereocenters. The Balaban J connectivity index is 3.04. The molecule has 1 rings (SSSR count). The molecule has 0 bridgehead atoms. The molecule has 1 aromatic carbocycles. The topological polar surface area (TPSA) is 26.3 Å². The molecule has 12 heavy (non-hydrogen) atoms. The van der Waals surface area contributed by atoms with Crippen LogP contribution >= 0.6 is 21.2 Å². The van der Waals surface area contributed by atoms with E-state index in [-0.39, 0.29) is 5.97 Å². The average Bonchev–Trinajstić information content (AvgIpc) is 2.16. The van der Waals surface area contributed by atoms with Gasteiger partial charge in [0.05, 0.1) is 15.0 Å². The van der Waals surface area contributed by atoms with Crippen molar-refractivity contribution in [1.29, 1.82) is 0 Å². The summed E-state index contributed by atoms with van der Waals surface area (Å²) in [6, 6.07) is 7.35. The first-order valence-corrected chi connectivity index (χ1v) is 5.03. The van der Waals surface area contributed by atoms with Crippen LogP contribution < -0.4 is 0 Å². The first-order valence-electron chi connectivity index (χ1n) is 3.33. The summed E-state index contributed by atoms with van der Waals surface area (Å²) in [4.78, 5) is 12.1. The van der Waals surface area contributed by atoms with Crippen molar-refractivity contribution >= 4 is 27.2 Å². The van der Waals surface area contributed by atoms with Crippen LogP contribution in [0.15, 0.2) is 29.2 Å². The number of carbonyl (C=O) groups is 1. The van der Waals surface area contributed by atoms with E-state index in [1.807, 2.05) is 33.9 Å². The van der Waals surface area contributed by atoms with Crippen molar-refractivity contribution in [3.05, 3.63) is 29.8 Å². The highest BCUT2D eigenvalue weighted by molar-refractivity contribution is 7.98. The van der Waals surface area contributed by atoms with Crippen LogP contribution in [0.25, 0.3) is 0 Å². The molecule has 0 fully saturated rings. The third-order valence-electron chi connectivity index (χ3n) is 1.43. The minimum atomic E-state index is -0.315. The van der Waals surface area contributed by atoms with Gasteiger partial charge in [-0.25, -0.2) is 4.79 Å². The molecule has 0 radical (unpaired) electrons. The van der Waals surface area contributed by atoms with Crippen molar-refractivity contribution < 1.29 is 9.32 Å². The Morgan fingerprint density at radius 1 is 1.50 bits per heavy atom. The highest BCUT2D eigenvalue weighted by atomic mass is 32.2. The first kappa shape index (κ1) is 9.56. The fraction of sp³-hybridized carbons (Fsp3) is 0.125. The van der Waals surface area contributed by atoms with Gasteiger partial charge in [-0.2, -0.15) is 0 Å². The van der Waals surface area contributed by atoms with E-state index in [2.05, 4.69) is 4.52 Å². The van der Waals surface area contributed by atoms with Crippen LogP contribution in [0.1, 0.15) is 10.4 Å². The number of carbonyl (C=O) groups excluding carboxylic acids is 1. The Morgan fingerprint density at radius 3 is 2.75 bits per heavy atom. The minimum absolute atomic E-state index is 0.315. The lowest BCUT2D eigenvalue weighted by Gasteiger charge is -2.03. The summed E-state index contributed by atoms with van der Waals surface area (Å²) >= 11 is 1.53. The third kappa shape index (κ3) is 1.99. The molecular formula is C8H9O2PS. The van der Waals surface area contributed by atoms with E-state index < -0.39 is 0 Å². The lowest BCUT2D eigenvalue weighted by atomic mass is 10.2. The predicted octanol–water partition coefficient (Wildman–Crippen LogP) is 2.36. The van der Waals surface area contributed by atoms with Gasteiger partial charge in [0.15, 0.2) is 0 Å². The zero-order valence-corrected chi connectivity index (χ0v) is 8.58.